The quantitative estimate of drug-likeness (QED) is 0.886. The molecular weight excluding hydrogens is 230 g/mol. The zero-order chi connectivity index (χ0) is 11.5. The minimum absolute atomic E-state index is 0.730. The van der Waals surface area contributed by atoms with Crippen molar-refractivity contribution in [2.75, 3.05) is 19.6 Å². The van der Waals surface area contributed by atoms with Crippen LogP contribution in [0, 0.1) is 0 Å². The van der Waals surface area contributed by atoms with E-state index in [1.54, 1.807) is 11.3 Å². The first-order valence-corrected chi connectivity index (χ1v) is 7.72. The largest absolute Gasteiger partial charge is 0.312 e. The van der Waals surface area contributed by atoms with Crippen molar-refractivity contribution in [3.05, 3.63) is 16.6 Å². The molecule has 0 bridgehead atoms. The Morgan fingerprint density at radius 2 is 2.35 bits per heavy atom. The fourth-order valence-corrected chi connectivity index (χ4v) is 3.82. The molecule has 0 amide bonds. The average molecular weight is 251 g/mol. The van der Waals surface area contributed by atoms with Crippen molar-refractivity contribution in [1.29, 1.82) is 0 Å². The van der Waals surface area contributed by atoms with Crippen LogP contribution in [0.4, 0.5) is 0 Å². The molecule has 2 unspecified atom stereocenters. The van der Waals surface area contributed by atoms with Gasteiger partial charge >= 0.3 is 0 Å². The summed E-state index contributed by atoms with van der Waals surface area (Å²) in [6, 6.07) is 1.55. The van der Waals surface area contributed by atoms with E-state index in [4.69, 9.17) is 0 Å². The van der Waals surface area contributed by atoms with Gasteiger partial charge in [-0.15, -0.1) is 11.3 Å². The van der Waals surface area contributed by atoms with E-state index < -0.39 is 0 Å². The molecule has 1 aromatic heterocycles. The summed E-state index contributed by atoms with van der Waals surface area (Å²) in [6.45, 7) is 3.71. The molecule has 3 heterocycles. The minimum atomic E-state index is 0.730. The summed E-state index contributed by atoms with van der Waals surface area (Å²) in [5.41, 5.74) is 3.16. The van der Waals surface area contributed by atoms with Crippen molar-refractivity contribution < 1.29 is 0 Å². The first kappa shape index (κ1) is 11.6. The number of piperidine rings is 1. The van der Waals surface area contributed by atoms with Crippen LogP contribution in [0.1, 0.15) is 31.4 Å². The lowest BCUT2D eigenvalue weighted by atomic mass is 9.99. The van der Waals surface area contributed by atoms with Gasteiger partial charge in [-0.2, -0.15) is 0 Å². The maximum absolute atomic E-state index is 4.33. The fraction of sp³-hybridized carbons (Fsp3) is 0.769. The molecule has 2 fully saturated rings. The maximum atomic E-state index is 4.33. The SMILES string of the molecule is c1nc(CCNC2CCN3CCCCC23)cs1. The van der Waals surface area contributed by atoms with Gasteiger partial charge in [-0.1, -0.05) is 6.42 Å². The summed E-state index contributed by atoms with van der Waals surface area (Å²) < 4.78 is 0. The van der Waals surface area contributed by atoms with Crippen LogP contribution in [-0.2, 0) is 6.42 Å². The van der Waals surface area contributed by atoms with Crippen LogP contribution < -0.4 is 5.32 Å². The Kier molecular flexibility index (Phi) is 3.74. The smallest absolute Gasteiger partial charge is 0.0794 e. The van der Waals surface area contributed by atoms with E-state index in [1.165, 1.54) is 44.5 Å². The van der Waals surface area contributed by atoms with Gasteiger partial charge in [-0.3, -0.25) is 4.90 Å². The first-order valence-electron chi connectivity index (χ1n) is 6.78. The van der Waals surface area contributed by atoms with Crippen molar-refractivity contribution >= 4 is 11.3 Å². The number of fused-ring (bicyclic) bond motifs is 1. The van der Waals surface area contributed by atoms with E-state index in [1.807, 2.05) is 5.51 Å². The first-order chi connectivity index (χ1) is 8.43. The standard InChI is InChI=1S/C13H21N3S/c1-2-7-16-8-5-12(13(16)3-1)14-6-4-11-9-17-10-15-11/h9-10,12-14H,1-8H2. The molecule has 3 nitrogen and oxygen atoms in total. The number of nitrogens with one attached hydrogen (secondary N) is 1. The number of hydrogen-bond acceptors (Lipinski definition) is 4. The zero-order valence-corrected chi connectivity index (χ0v) is 11.1. The van der Waals surface area contributed by atoms with Crippen LogP contribution in [0.3, 0.4) is 0 Å². The molecule has 1 N–H and O–H groups in total. The topological polar surface area (TPSA) is 28.2 Å². The summed E-state index contributed by atoms with van der Waals surface area (Å²) in [5, 5.41) is 5.90. The maximum Gasteiger partial charge on any atom is 0.0794 e. The van der Waals surface area contributed by atoms with E-state index in [2.05, 4.69) is 20.6 Å². The van der Waals surface area contributed by atoms with Gasteiger partial charge in [0.05, 0.1) is 11.2 Å². The molecule has 0 aromatic carbocycles. The summed E-state index contributed by atoms with van der Waals surface area (Å²) in [5.74, 6) is 0. The second-order valence-electron chi connectivity index (χ2n) is 5.18. The van der Waals surface area contributed by atoms with Crippen LogP contribution in [0.15, 0.2) is 10.9 Å². The van der Waals surface area contributed by atoms with E-state index in [9.17, 15) is 0 Å². The molecule has 4 heteroatoms. The summed E-state index contributed by atoms with van der Waals surface area (Å²) >= 11 is 1.69. The summed E-state index contributed by atoms with van der Waals surface area (Å²) in [7, 11) is 0. The van der Waals surface area contributed by atoms with Gasteiger partial charge in [-0.05, 0) is 25.8 Å². The van der Waals surface area contributed by atoms with Crippen LogP contribution >= 0.6 is 11.3 Å². The fourth-order valence-electron chi connectivity index (χ4n) is 3.23. The van der Waals surface area contributed by atoms with Crippen LogP contribution in [0.2, 0.25) is 0 Å². The number of thiazole rings is 1. The molecule has 3 rings (SSSR count). The molecule has 0 spiro atoms. The lowest BCUT2D eigenvalue weighted by molar-refractivity contribution is 0.181. The van der Waals surface area contributed by atoms with Gasteiger partial charge in [0.15, 0.2) is 0 Å². The van der Waals surface area contributed by atoms with Crippen LogP contribution in [0.5, 0.6) is 0 Å². The third-order valence-corrected chi connectivity index (χ3v) is 4.76. The van der Waals surface area contributed by atoms with Crippen molar-refractivity contribution in [3.63, 3.8) is 0 Å². The van der Waals surface area contributed by atoms with Crippen molar-refractivity contribution in [2.24, 2.45) is 0 Å². The molecule has 1 aromatic rings. The molecule has 2 aliphatic heterocycles. The van der Waals surface area contributed by atoms with Crippen molar-refractivity contribution in [2.45, 2.75) is 44.2 Å². The number of nitrogens with zero attached hydrogens (tertiary/aromatic N) is 2. The molecule has 2 aliphatic rings. The van der Waals surface area contributed by atoms with Gasteiger partial charge in [0.25, 0.3) is 0 Å². The summed E-state index contributed by atoms with van der Waals surface area (Å²) in [4.78, 5) is 7.01. The van der Waals surface area contributed by atoms with E-state index >= 15 is 0 Å². The highest BCUT2D eigenvalue weighted by atomic mass is 32.1. The normalized spacial score (nSPS) is 29.4. The van der Waals surface area contributed by atoms with Gasteiger partial charge in [0.1, 0.15) is 0 Å². The highest BCUT2D eigenvalue weighted by molar-refractivity contribution is 7.07. The van der Waals surface area contributed by atoms with Gasteiger partial charge in [-0.25, -0.2) is 4.98 Å². The molecule has 0 saturated carbocycles. The number of hydrogen-bond donors (Lipinski definition) is 1. The van der Waals surface area contributed by atoms with E-state index in [0.29, 0.717) is 0 Å². The highest BCUT2D eigenvalue weighted by Crippen LogP contribution is 2.26. The molecule has 94 valence electrons. The highest BCUT2D eigenvalue weighted by Gasteiger charge is 2.34. The summed E-state index contributed by atoms with van der Waals surface area (Å²) in [6.07, 6.45) is 6.64. The molecule has 0 radical (unpaired) electrons. The Labute approximate surface area is 107 Å². The molecule has 17 heavy (non-hydrogen) atoms. The Morgan fingerprint density at radius 1 is 1.35 bits per heavy atom. The van der Waals surface area contributed by atoms with Crippen LogP contribution in [-0.4, -0.2) is 41.6 Å². The van der Waals surface area contributed by atoms with E-state index in [0.717, 1.165) is 25.0 Å². The third-order valence-electron chi connectivity index (χ3n) is 4.13. The average Bonchev–Trinajstić information content (AvgIpc) is 2.99. The Morgan fingerprint density at radius 3 is 3.24 bits per heavy atom. The van der Waals surface area contributed by atoms with Gasteiger partial charge < -0.3 is 5.32 Å². The molecular formula is C13H21N3S. The monoisotopic (exact) mass is 251 g/mol. The minimum Gasteiger partial charge on any atom is -0.312 e. The van der Waals surface area contributed by atoms with E-state index in [-0.39, 0.29) is 0 Å². The second-order valence-corrected chi connectivity index (χ2v) is 5.90. The van der Waals surface area contributed by atoms with Crippen LogP contribution in [0.25, 0.3) is 0 Å². The zero-order valence-electron chi connectivity index (χ0n) is 10.3. The number of rotatable bonds is 4. The molecule has 0 aliphatic carbocycles. The van der Waals surface area contributed by atoms with Gasteiger partial charge in [0.2, 0.25) is 0 Å². The molecule has 2 atom stereocenters. The third kappa shape index (κ3) is 2.69. The Bertz CT molecular complexity index is 338. The van der Waals surface area contributed by atoms with Crippen molar-refractivity contribution in [3.8, 4) is 0 Å². The van der Waals surface area contributed by atoms with Gasteiger partial charge in [0, 0.05) is 37.0 Å². The number of aromatic nitrogens is 1. The predicted molar refractivity (Wildman–Crippen MR) is 71.4 cm³/mol. The Hall–Kier alpha value is -0.450. The van der Waals surface area contributed by atoms with Crippen molar-refractivity contribution in [1.82, 2.24) is 15.2 Å². The lowest BCUT2D eigenvalue weighted by Crippen LogP contribution is -2.45. The lowest BCUT2D eigenvalue weighted by Gasteiger charge is -2.32. The molecule has 2 saturated heterocycles. The predicted octanol–water partition coefficient (Wildman–Crippen LogP) is 1.90. The Balaban J connectivity index is 1.46. The second kappa shape index (κ2) is 5.46.